The summed E-state index contributed by atoms with van der Waals surface area (Å²) in [6, 6.07) is 0. The number of hydrogen-bond acceptors (Lipinski definition) is 3. The van der Waals surface area contributed by atoms with E-state index in [1.807, 2.05) is 25.2 Å². The second-order valence-electron chi connectivity index (χ2n) is 2.20. The van der Waals surface area contributed by atoms with Crippen molar-refractivity contribution >= 4 is 8.72 Å². The first-order valence-corrected chi connectivity index (χ1v) is 5.11. The highest BCUT2D eigenvalue weighted by atomic mass is 28.4. The Bertz CT molecular complexity index is 83.0. The molecule has 0 fully saturated rings. The lowest BCUT2D eigenvalue weighted by molar-refractivity contribution is 0.195. The summed E-state index contributed by atoms with van der Waals surface area (Å²) < 4.78 is 12.4. The van der Waals surface area contributed by atoms with E-state index in [9.17, 15) is 0 Å². The van der Waals surface area contributed by atoms with Crippen LogP contribution in [0.3, 0.4) is 0 Å². The van der Waals surface area contributed by atoms with Crippen LogP contribution in [0, 0.1) is 0 Å². The SMILES string of the molecule is CO[Si](C)(OC)N(C)C. The Labute approximate surface area is 57.9 Å². The Morgan fingerprint density at radius 3 is 1.44 bits per heavy atom. The van der Waals surface area contributed by atoms with Gasteiger partial charge in [0.2, 0.25) is 0 Å². The van der Waals surface area contributed by atoms with Crippen molar-refractivity contribution in [3.8, 4) is 0 Å². The molecule has 0 aliphatic rings. The summed E-state index contributed by atoms with van der Waals surface area (Å²) in [5.74, 6) is 0. The zero-order valence-corrected chi connectivity index (χ0v) is 7.76. The quantitative estimate of drug-likeness (QED) is 0.542. The standard InChI is InChI=1S/C5H15NO2Si/c1-6(2)9(5,7-3)8-4/h1-5H3. The molecule has 56 valence electrons. The van der Waals surface area contributed by atoms with E-state index in [2.05, 4.69) is 0 Å². The van der Waals surface area contributed by atoms with Crippen molar-refractivity contribution in [2.75, 3.05) is 28.3 Å². The van der Waals surface area contributed by atoms with Gasteiger partial charge < -0.3 is 8.85 Å². The van der Waals surface area contributed by atoms with E-state index in [0.29, 0.717) is 0 Å². The maximum atomic E-state index is 5.19. The molecule has 0 saturated heterocycles. The van der Waals surface area contributed by atoms with E-state index in [4.69, 9.17) is 8.85 Å². The first kappa shape index (κ1) is 9.10. The Balaban J connectivity index is 3.92. The van der Waals surface area contributed by atoms with Gasteiger partial charge in [0.25, 0.3) is 0 Å². The van der Waals surface area contributed by atoms with Crippen molar-refractivity contribution in [2.45, 2.75) is 6.55 Å². The normalized spacial score (nSPS) is 12.7. The van der Waals surface area contributed by atoms with E-state index in [0.717, 1.165) is 0 Å². The van der Waals surface area contributed by atoms with Gasteiger partial charge in [-0.15, -0.1) is 0 Å². The maximum absolute atomic E-state index is 5.19. The minimum Gasteiger partial charge on any atom is -0.386 e. The van der Waals surface area contributed by atoms with E-state index in [1.165, 1.54) is 0 Å². The molecule has 0 bridgehead atoms. The van der Waals surface area contributed by atoms with Crippen LogP contribution in [0.5, 0.6) is 0 Å². The minimum absolute atomic E-state index is 1.68. The van der Waals surface area contributed by atoms with Crippen LogP contribution in [0.25, 0.3) is 0 Å². The molecule has 0 unspecified atom stereocenters. The fourth-order valence-electron chi connectivity index (χ4n) is 0.448. The van der Waals surface area contributed by atoms with Crippen molar-refractivity contribution in [2.24, 2.45) is 0 Å². The topological polar surface area (TPSA) is 21.7 Å². The van der Waals surface area contributed by atoms with Crippen molar-refractivity contribution in [3.05, 3.63) is 0 Å². The smallest absolute Gasteiger partial charge is 0.386 e. The summed E-state index contributed by atoms with van der Waals surface area (Å²) in [5, 5.41) is 0. The third-order valence-electron chi connectivity index (χ3n) is 1.57. The van der Waals surface area contributed by atoms with Gasteiger partial charge in [0.1, 0.15) is 0 Å². The third kappa shape index (κ3) is 2.06. The molecule has 0 heterocycles. The summed E-state index contributed by atoms with van der Waals surface area (Å²) in [4.78, 5) is 0. The van der Waals surface area contributed by atoms with Gasteiger partial charge in [-0.3, -0.25) is 4.57 Å². The minimum atomic E-state index is -1.94. The molecular formula is C5H15NO2Si. The van der Waals surface area contributed by atoms with Gasteiger partial charge >= 0.3 is 8.72 Å². The largest absolute Gasteiger partial charge is 0.423 e. The number of hydrogen-bond donors (Lipinski definition) is 0. The van der Waals surface area contributed by atoms with Crippen LogP contribution < -0.4 is 0 Å². The summed E-state index contributed by atoms with van der Waals surface area (Å²) in [7, 11) is 5.33. The molecule has 0 aromatic carbocycles. The predicted molar refractivity (Wildman–Crippen MR) is 39.3 cm³/mol. The molecule has 0 radical (unpaired) electrons. The first-order valence-electron chi connectivity index (χ1n) is 2.84. The van der Waals surface area contributed by atoms with Crippen molar-refractivity contribution in [1.82, 2.24) is 4.57 Å². The van der Waals surface area contributed by atoms with Gasteiger partial charge in [-0.05, 0) is 20.6 Å². The van der Waals surface area contributed by atoms with E-state index < -0.39 is 8.72 Å². The summed E-state index contributed by atoms with van der Waals surface area (Å²) in [5.41, 5.74) is 0. The Hall–Kier alpha value is 0.0969. The van der Waals surface area contributed by atoms with E-state index >= 15 is 0 Å². The summed E-state index contributed by atoms with van der Waals surface area (Å²) in [6.07, 6.45) is 0. The van der Waals surface area contributed by atoms with Crippen LogP contribution in [-0.2, 0) is 8.85 Å². The predicted octanol–water partition coefficient (Wildman–Crippen LogP) is 0.409. The molecule has 9 heavy (non-hydrogen) atoms. The van der Waals surface area contributed by atoms with Gasteiger partial charge in [-0.1, -0.05) is 0 Å². The average Bonchev–Trinajstić information content (AvgIpc) is 1.86. The highest BCUT2D eigenvalue weighted by Gasteiger charge is 2.32. The second-order valence-corrected chi connectivity index (χ2v) is 5.71. The van der Waals surface area contributed by atoms with Crippen molar-refractivity contribution < 1.29 is 8.85 Å². The molecular weight excluding hydrogens is 134 g/mol. The molecule has 4 heteroatoms. The van der Waals surface area contributed by atoms with Crippen LogP contribution >= 0.6 is 0 Å². The molecule has 0 amide bonds. The first-order chi connectivity index (χ1) is 4.06. The molecule has 0 aliphatic carbocycles. The highest BCUT2D eigenvalue weighted by Crippen LogP contribution is 2.05. The third-order valence-corrected chi connectivity index (χ3v) is 4.71. The fraction of sp³-hybridized carbons (Fsp3) is 1.00. The monoisotopic (exact) mass is 149 g/mol. The molecule has 0 atom stereocenters. The van der Waals surface area contributed by atoms with Gasteiger partial charge in [0, 0.05) is 14.2 Å². The van der Waals surface area contributed by atoms with Crippen LogP contribution in [0.15, 0.2) is 0 Å². The van der Waals surface area contributed by atoms with Crippen LogP contribution in [0.2, 0.25) is 6.55 Å². The van der Waals surface area contributed by atoms with Gasteiger partial charge in [0.15, 0.2) is 0 Å². The Morgan fingerprint density at radius 1 is 1.11 bits per heavy atom. The number of nitrogens with zero attached hydrogens (tertiary/aromatic N) is 1. The van der Waals surface area contributed by atoms with Crippen molar-refractivity contribution in [1.29, 1.82) is 0 Å². The average molecular weight is 149 g/mol. The fourth-order valence-corrected chi connectivity index (χ4v) is 1.35. The Kier molecular flexibility index (Phi) is 3.35. The lowest BCUT2D eigenvalue weighted by atomic mass is 11.3. The zero-order chi connectivity index (χ0) is 7.49. The van der Waals surface area contributed by atoms with Crippen molar-refractivity contribution in [3.63, 3.8) is 0 Å². The molecule has 0 N–H and O–H groups in total. The van der Waals surface area contributed by atoms with Gasteiger partial charge in [-0.25, -0.2) is 0 Å². The highest BCUT2D eigenvalue weighted by molar-refractivity contribution is 6.62. The van der Waals surface area contributed by atoms with E-state index in [1.54, 1.807) is 14.2 Å². The van der Waals surface area contributed by atoms with Crippen LogP contribution in [0.4, 0.5) is 0 Å². The summed E-state index contributed by atoms with van der Waals surface area (Å²) in [6.45, 7) is 1.99. The molecule has 0 aliphatic heterocycles. The van der Waals surface area contributed by atoms with Crippen LogP contribution in [0.1, 0.15) is 0 Å². The number of rotatable bonds is 3. The van der Waals surface area contributed by atoms with Gasteiger partial charge in [-0.2, -0.15) is 0 Å². The summed E-state index contributed by atoms with van der Waals surface area (Å²) >= 11 is 0. The lowest BCUT2D eigenvalue weighted by Crippen LogP contribution is -2.50. The Morgan fingerprint density at radius 2 is 1.44 bits per heavy atom. The lowest BCUT2D eigenvalue weighted by Gasteiger charge is -2.28. The molecule has 0 rings (SSSR count). The molecule has 0 aromatic heterocycles. The molecule has 0 aromatic rings. The van der Waals surface area contributed by atoms with E-state index in [-0.39, 0.29) is 0 Å². The zero-order valence-electron chi connectivity index (χ0n) is 6.76. The maximum Gasteiger partial charge on any atom is 0.423 e. The molecule has 0 spiro atoms. The second kappa shape index (κ2) is 3.31. The molecule has 3 nitrogen and oxygen atoms in total. The van der Waals surface area contributed by atoms with Gasteiger partial charge in [0.05, 0.1) is 0 Å². The molecule has 0 saturated carbocycles. The van der Waals surface area contributed by atoms with Crippen LogP contribution in [-0.4, -0.2) is 41.6 Å².